The third kappa shape index (κ3) is 7.90. The van der Waals surface area contributed by atoms with Gasteiger partial charge in [0.05, 0.1) is 29.1 Å². The van der Waals surface area contributed by atoms with E-state index in [-0.39, 0.29) is 35.0 Å². The Hall–Kier alpha value is -2.20. The number of amides is 2. The van der Waals surface area contributed by atoms with Crippen molar-refractivity contribution in [2.24, 2.45) is 0 Å². The molecule has 198 valence electrons. The molecule has 0 heterocycles. The molecule has 0 saturated heterocycles. The average Bonchev–Trinajstić information content (AvgIpc) is 2.81. The number of benzene rings is 2. The van der Waals surface area contributed by atoms with Crippen LogP contribution in [-0.4, -0.2) is 57.1 Å². The number of sulfonamides is 1. The van der Waals surface area contributed by atoms with E-state index >= 15 is 0 Å². The van der Waals surface area contributed by atoms with E-state index in [1.807, 2.05) is 13.8 Å². The molecule has 0 aromatic heterocycles. The Labute approximate surface area is 227 Å². The van der Waals surface area contributed by atoms with Crippen molar-refractivity contribution >= 4 is 62.3 Å². The van der Waals surface area contributed by atoms with Crippen LogP contribution in [0.5, 0.6) is 5.75 Å². The minimum Gasteiger partial charge on any atom is -0.495 e. The van der Waals surface area contributed by atoms with Crippen molar-refractivity contribution < 1.29 is 22.7 Å². The maximum Gasteiger partial charge on any atom is 0.244 e. The Balaban J connectivity index is 2.48. The van der Waals surface area contributed by atoms with E-state index in [0.29, 0.717) is 22.0 Å². The van der Waals surface area contributed by atoms with E-state index in [9.17, 15) is 18.0 Å². The lowest BCUT2D eigenvalue weighted by molar-refractivity contribution is -0.139. The van der Waals surface area contributed by atoms with Crippen LogP contribution in [0, 0.1) is 0 Å². The maximum absolute atomic E-state index is 13.6. The number of carbonyl (C=O) groups excluding carboxylic acids is 2. The molecular formula is C24H30Cl3N3O5S. The summed E-state index contributed by atoms with van der Waals surface area (Å²) in [6, 6.07) is 8.30. The highest BCUT2D eigenvalue weighted by molar-refractivity contribution is 7.92. The zero-order chi connectivity index (χ0) is 27.2. The number of carbonyl (C=O) groups is 2. The normalized spacial score (nSPS) is 13.0. The number of nitrogens with one attached hydrogen (secondary N) is 1. The van der Waals surface area contributed by atoms with Crippen molar-refractivity contribution in [1.82, 2.24) is 10.2 Å². The summed E-state index contributed by atoms with van der Waals surface area (Å²) < 4.78 is 31.7. The Kier molecular flexibility index (Phi) is 10.7. The number of rotatable bonds is 11. The van der Waals surface area contributed by atoms with Gasteiger partial charge in [0.15, 0.2) is 0 Å². The molecule has 0 fully saturated rings. The van der Waals surface area contributed by atoms with Crippen LogP contribution < -0.4 is 14.4 Å². The maximum atomic E-state index is 13.6. The summed E-state index contributed by atoms with van der Waals surface area (Å²) in [5.74, 6) is -0.763. The highest BCUT2D eigenvalue weighted by atomic mass is 35.5. The van der Waals surface area contributed by atoms with E-state index < -0.39 is 28.5 Å². The van der Waals surface area contributed by atoms with Gasteiger partial charge in [-0.1, -0.05) is 47.8 Å². The predicted octanol–water partition coefficient (Wildman–Crippen LogP) is 4.75. The van der Waals surface area contributed by atoms with Gasteiger partial charge in [0.25, 0.3) is 0 Å². The highest BCUT2D eigenvalue weighted by Crippen LogP contribution is 2.33. The second kappa shape index (κ2) is 12.9. The average molecular weight is 579 g/mol. The minimum atomic E-state index is -3.94. The van der Waals surface area contributed by atoms with Gasteiger partial charge in [-0.3, -0.25) is 13.9 Å². The largest absolute Gasteiger partial charge is 0.495 e. The Bertz CT molecular complexity index is 1210. The molecule has 2 aromatic rings. The second-order valence-electron chi connectivity index (χ2n) is 8.35. The molecule has 0 aliphatic rings. The Morgan fingerprint density at radius 1 is 1.06 bits per heavy atom. The van der Waals surface area contributed by atoms with Gasteiger partial charge in [-0.05, 0) is 56.2 Å². The smallest absolute Gasteiger partial charge is 0.244 e. The monoisotopic (exact) mass is 577 g/mol. The molecule has 8 nitrogen and oxygen atoms in total. The lowest BCUT2D eigenvalue weighted by atomic mass is 10.1. The molecule has 2 aromatic carbocycles. The van der Waals surface area contributed by atoms with Crippen molar-refractivity contribution in [3.05, 3.63) is 57.0 Å². The Morgan fingerprint density at radius 2 is 1.72 bits per heavy atom. The van der Waals surface area contributed by atoms with Gasteiger partial charge in [-0.2, -0.15) is 0 Å². The number of anilines is 1. The summed E-state index contributed by atoms with van der Waals surface area (Å²) in [6.45, 7) is 4.77. The number of halogens is 3. The Morgan fingerprint density at radius 3 is 2.28 bits per heavy atom. The molecule has 0 unspecified atom stereocenters. The first-order chi connectivity index (χ1) is 16.8. The van der Waals surface area contributed by atoms with Crippen LogP contribution in [0.3, 0.4) is 0 Å². The topological polar surface area (TPSA) is 96.0 Å². The highest BCUT2D eigenvalue weighted by Gasteiger charge is 2.31. The van der Waals surface area contributed by atoms with E-state index in [0.717, 1.165) is 10.6 Å². The molecule has 0 aliphatic carbocycles. The summed E-state index contributed by atoms with van der Waals surface area (Å²) in [5.41, 5.74) is 0.722. The zero-order valence-electron chi connectivity index (χ0n) is 20.7. The third-order valence-corrected chi connectivity index (χ3v) is 7.69. The van der Waals surface area contributed by atoms with E-state index in [2.05, 4.69) is 5.32 Å². The van der Waals surface area contributed by atoms with Crippen LogP contribution in [-0.2, 0) is 26.2 Å². The molecule has 0 bridgehead atoms. The van der Waals surface area contributed by atoms with Crippen molar-refractivity contribution in [3.8, 4) is 5.75 Å². The molecule has 0 saturated carbocycles. The van der Waals surface area contributed by atoms with Crippen molar-refractivity contribution in [3.63, 3.8) is 0 Å². The van der Waals surface area contributed by atoms with Crippen LogP contribution in [0.4, 0.5) is 5.69 Å². The standard InChI is InChI=1S/C24H30Cl3N3O5S/c1-6-15(2)28-24(32)16(3)29(13-17-7-9-19(26)20(27)11-17)23(31)14-30(36(5,33)34)21-12-18(25)8-10-22(21)35-4/h7-12,15-16H,6,13-14H2,1-5H3,(H,28,32)/t15-,16+/m1/s1. The zero-order valence-corrected chi connectivity index (χ0v) is 23.8. The fourth-order valence-electron chi connectivity index (χ4n) is 3.34. The van der Waals surface area contributed by atoms with Crippen LogP contribution in [0.1, 0.15) is 32.8 Å². The molecule has 2 amide bonds. The fourth-order valence-corrected chi connectivity index (χ4v) is 4.67. The van der Waals surface area contributed by atoms with E-state index in [1.54, 1.807) is 31.2 Å². The number of hydrogen-bond donors (Lipinski definition) is 1. The first-order valence-electron chi connectivity index (χ1n) is 11.1. The van der Waals surface area contributed by atoms with Gasteiger partial charge in [-0.15, -0.1) is 0 Å². The van der Waals surface area contributed by atoms with Gasteiger partial charge in [-0.25, -0.2) is 8.42 Å². The van der Waals surface area contributed by atoms with Gasteiger partial charge in [0, 0.05) is 17.6 Å². The van der Waals surface area contributed by atoms with Crippen molar-refractivity contribution in [1.29, 1.82) is 0 Å². The molecular weight excluding hydrogens is 549 g/mol. The van der Waals surface area contributed by atoms with Crippen LogP contribution in [0.15, 0.2) is 36.4 Å². The quantitative estimate of drug-likeness (QED) is 0.415. The number of hydrogen-bond acceptors (Lipinski definition) is 5. The number of ether oxygens (including phenoxy) is 1. The summed E-state index contributed by atoms with van der Waals surface area (Å²) in [7, 11) is -2.56. The lowest BCUT2D eigenvalue weighted by Gasteiger charge is -2.32. The molecule has 0 radical (unpaired) electrons. The molecule has 12 heteroatoms. The van der Waals surface area contributed by atoms with E-state index in [4.69, 9.17) is 39.5 Å². The number of nitrogens with zero attached hydrogens (tertiary/aromatic N) is 2. The third-order valence-electron chi connectivity index (χ3n) is 5.59. The molecule has 36 heavy (non-hydrogen) atoms. The van der Waals surface area contributed by atoms with Gasteiger partial charge in [0.1, 0.15) is 18.3 Å². The van der Waals surface area contributed by atoms with Crippen LogP contribution in [0.25, 0.3) is 0 Å². The summed E-state index contributed by atoms with van der Waals surface area (Å²) in [5, 5.41) is 3.76. The first-order valence-corrected chi connectivity index (χ1v) is 14.1. The van der Waals surface area contributed by atoms with Gasteiger partial charge >= 0.3 is 0 Å². The molecule has 2 atom stereocenters. The van der Waals surface area contributed by atoms with E-state index in [1.165, 1.54) is 24.1 Å². The van der Waals surface area contributed by atoms with Crippen LogP contribution in [0.2, 0.25) is 15.1 Å². The van der Waals surface area contributed by atoms with Crippen LogP contribution >= 0.6 is 34.8 Å². The minimum absolute atomic E-state index is 0.00486. The summed E-state index contributed by atoms with van der Waals surface area (Å²) in [4.78, 5) is 27.9. The molecule has 1 N–H and O–H groups in total. The summed E-state index contributed by atoms with van der Waals surface area (Å²) in [6.07, 6.45) is 1.68. The van der Waals surface area contributed by atoms with Crippen molar-refractivity contribution in [2.45, 2.75) is 45.8 Å². The molecule has 2 rings (SSSR count). The second-order valence-corrected chi connectivity index (χ2v) is 11.5. The van der Waals surface area contributed by atoms with Gasteiger partial charge < -0.3 is 15.0 Å². The lowest BCUT2D eigenvalue weighted by Crippen LogP contribution is -2.52. The van der Waals surface area contributed by atoms with Gasteiger partial charge in [0.2, 0.25) is 21.8 Å². The SMILES string of the molecule is CC[C@@H](C)NC(=O)[C@H](C)N(Cc1ccc(Cl)c(Cl)c1)C(=O)CN(c1cc(Cl)ccc1OC)S(C)(=O)=O. The molecule has 0 aliphatic heterocycles. The number of methoxy groups -OCH3 is 1. The predicted molar refractivity (Wildman–Crippen MR) is 145 cm³/mol. The first kappa shape index (κ1) is 30.0. The fraction of sp³-hybridized carbons (Fsp3) is 0.417. The summed E-state index contributed by atoms with van der Waals surface area (Å²) >= 11 is 18.3. The van der Waals surface area contributed by atoms with Crippen molar-refractivity contribution in [2.75, 3.05) is 24.2 Å². The molecule has 0 spiro atoms.